The maximum Gasteiger partial charge on any atom is 0.255 e. The number of carbonyl (C=O) groups excluding carboxylic acids is 2. The van der Waals surface area contributed by atoms with E-state index in [-0.39, 0.29) is 18.4 Å². The van der Waals surface area contributed by atoms with Gasteiger partial charge < -0.3 is 19.4 Å². The van der Waals surface area contributed by atoms with Gasteiger partial charge in [-0.1, -0.05) is 30.3 Å². The number of benzene rings is 3. The van der Waals surface area contributed by atoms with E-state index in [0.29, 0.717) is 30.8 Å². The molecule has 0 radical (unpaired) electrons. The van der Waals surface area contributed by atoms with Crippen LogP contribution < -0.4 is 5.32 Å². The summed E-state index contributed by atoms with van der Waals surface area (Å²) in [6.07, 6.45) is 0.685. The number of hydrogen-bond donors (Lipinski definition) is 1. The molecule has 5 rings (SSSR count). The minimum absolute atomic E-state index is 0.0163. The van der Waals surface area contributed by atoms with E-state index >= 15 is 0 Å². The van der Waals surface area contributed by atoms with Crippen LogP contribution in [0.15, 0.2) is 77.2 Å². The maximum absolute atomic E-state index is 12.7. The SMILES string of the molecule is COCC(=O)N1CCc2oc(-c3ccc(NC(=O)c4ccc5ccccc5c4)cc3)cc2C1. The minimum atomic E-state index is -0.150. The van der Waals surface area contributed by atoms with Crippen LogP contribution in [0.5, 0.6) is 0 Å². The van der Waals surface area contributed by atoms with Gasteiger partial charge in [0.1, 0.15) is 18.1 Å². The number of rotatable bonds is 5. The first-order chi connectivity index (χ1) is 16.1. The van der Waals surface area contributed by atoms with E-state index in [1.807, 2.05) is 72.8 Å². The van der Waals surface area contributed by atoms with Crippen molar-refractivity contribution < 1.29 is 18.7 Å². The van der Waals surface area contributed by atoms with E-state index in [9.17, 15) is 9.59 Å². The molecule has 3 aromatic carbocycles. The Morgan fingerprint density at radius 2 is 1.79 bits per heavy atom. The van der Waals surface area contributed by atoms with Crippen LogP contribution in [-0.4, -0.2) is 37.0 Å². The Bertz CT molecular complexity index is 1320. The number of carbonyl (C=O) groups is 2. The number of anilines is 1. The van der Waals surface area contributed by atoms with Crippen molar-refractivity contribution in [1.82, 2.24) is 4.90 Å². The Morgan fingerprint density at radius 1 is 1.00 bits per heavy atom. The number of ether oxygens (including phenoxy) is 1. The predicted octanol–water partition coefficient (Wildman–Crippen LogP) is 4.88. The number of fused-ring (bicyclic) bond motifs is 2. The van der Waals surface area contributed by atoms with Crippen LogP contribution in [0.1, 0.15) is 21.7 Å². The van der Waals surface area contributed by atoms with Gasteiger partial charge in [0.05, 0.1) is 0 Å². The second-order valence-corrected chi connectivity index (χ2v) is 8.15. The van der Waals surface area contributed by atoms with Crippen molar-refractivity contribution in [2.24, 2.45) is 0 Å². The van der Waals surface area contributed by atoms with Crippen molar-refractivity contribution >= 4 is 28.3 Å². The third-order valence-corrected chi connectivity index (χ3v) is 5.93. The van der Waals surface area contributed by atoms with Gasteiger partial charge >= 0.3 is 0 Å². The van der Waals surface area contributed by atoms with Crippen LogP contribution in [0.25, 0.3) is 22.1 Å². The molecule has 1 aliphatic rings. The Hall–Kier alpha value is -3.90. The summed E-state index contributed by atoms with van der Waals surface area (Å²) in [7, 11) is 1.52. The average molecular weight is 440 g/mol. The zero-order valence-electron chi connectivity index (χ0n) is 18.3. The zero-order chi connectivity index (χ0) is 22.8. The highest BCUT2D eigenvalue weighted by Gasteiger charge is 2.24. The lowest BCUT2D eigenvalue weighted by Crippen LogP contribution is -2.37. The van der Waals surface area contributed by atoms with Gasteiger partial charge in [-0.2, -0.15) is 0 Å². The molecule has 2 amide bonds. The van der Waals surface area contributed by atoms with Gasteiger partial charge in [0.2, 0.25) is 5.91 Å². The molecule has 1 aliphatic heterocycles. The van der Waals surface area contributed by atoms with Crippen LogP contribution in [0.4, 0.5) is 5.69 Å². The number of methoxy groups -OCH3 is 1. The summed E-state index contributed by atoms with van der Waals surface area (Å²) in [5.74, 6) is 1.51. The van der Waals surface area contributed by atoms with Crippen molar-refractivity contribution in [2.75, 3.05) is 25.6 Å². The fourth-order valence-corrected chi connectivity index (χ4v) is 4.15. The van der Waals surface area contributed by atoms with Gasteiger partial charge in [-0.3, -0.25) is 9.59 Å². The standard InChI is InChI=1S/C27H24N2O4/c1-32-17-26(30)29-13-12-24-22(16-29)15-25(33-24)19-8-10-23(11-9-19)28-27(31)21-7-6-18-4-2-3-5-20(18)14-21/h2-11,14-15H,12-13,16-17H2,1H3,(H,28,31). The maximum atomic E-state index is 12.7. The summed E-state index contributed by atoms with van der Waals surface area (Å²) in [6, 6.07) is 23.2. The smallest absolute Gasteiger partial charge is 0.255 e. The molecule has 0 bridgehead atoms. The van der Waals surface area contributed by atoms with Crippen molar-refractivity contribution in [1.29, 1.82) is 0 Å². The quantitative estimate of drug-likeness (QED) is 0.480. The fourth-order valence-electron chi connectivity index (χ4n) is 4.15. The lowest BCUT2D eigenvalue weighted by Gasteiger charge is -2.25. The highest BCUT2D eigenvalue weighted by molar-refractivity contribution is 6.06. The molecule has 0 aliphatic carbocycles. The first-order valence-electron chi connectivity index (χ1n) is 10.9. The second-order valence-electron chi connectivity index (χ2n) is 8.15. The molecule has 4 aromatic rings. The molecule has 1 aromatic heterocycles. The third-order valence-electron chi connectivity index (χ3n) is 5.93. The molecule has 0 atom stereocenters. The monoisotopic (exact) mass is 440 g/mol. The van der Waals surface area contributed by atoms with Gasteiger partial charge in [0.25, 0.3) is 5.91 Å². The molecule has 33 heavy (non-hydrogen) atoms. The highest BCUT2D eigenvalue weighted by Crippen LogP contribution is 2.30. The fraction of sp³-hybridized carbons (Fsp3) is 0.185. The summed E-state index contributed by atoms with van der Waals surface area (Å²) in [5, 5.41) is 5.09. The largest absolute Gasteiger partial charge is 0.461 e. The molecule has 0 saturated heterocycles. The first-order valence-corrected chi connectivity index (χ1v) is 10.9. The lowest BCUT2D eigenvalue weighted by molar-refractivity contribution is -0.136. The molecule has 0 spiro atoms. The number of nitrogens with zero attached hydrogens (tertiary/aromatic N) is 1. The molecule has 6 heteroatoms. The van der Waals surface area contributed by atoms with Gasteiger partial charge in [-0.05, 0) is 53.2 Å². The van der Waals surface area contributed by atoms with Crippen LogP contribution >= 0.6 is 0 Å². The summed E-state index contributed by atoms with van der Waals surface area (Å²) in [6.45, 7) is 1.25. The third kappa shape index (κ3) is 4.38. The summed E-state index contributed by atoms with van der Waals surface area (Å²) < 4.78 is 11.0. The normalized spacial score (nSPS) is 13.1. The van der Waals surface area contributed by atoms with Crippen LogP contribution in [0, 0.1) is 0 Å². The van der Waals surface area contributed by atoms with Crippen molar-refractivity contribution in [3.63, 3.8) is 0 Å². The summed E-state index contributed by atoms with van der Waals surface area (Å²) >= 11 is 0. The predicted molar refractivity (Wildman–Crippen MR) is 127 cm³/mol. The van der Waals surface area contributed by atoms with Crippen LogP contribution in [0.2, 0.25) is 0 Å². The van der Waals surface area contributed by atoms with E-state index in [0.717, 1.165) is 33.4 Å². The molecule has 0 fully saturated rings. The number of amides is 2. The lowest BCUT2D eigenvalue weighted by atomic mass is 10.1. The van der Waals surface area contributed by atoms with Crippen LogP contribution in [0.3, 0.4) is 0 Å². The molecule has 0 saturated carbocycles. The first kappa shape index (κ1) is 21.0. The van der Waals surface area contributed by atoms with E-state index in [1.54, 1.807) is 4.90 Å². The van der Waals surface area contributed by atoms with Gasteiger partial charge in [-0.15, -0.1) is 0 Å². The topological polar surface area (TPSA) is 71.8 Å². The molecule has 0 unspecified atom stereocenters. The van der Waals surface area contributed by atoms with E-state index in [2.05, 4.69) is 5.32 Å². The van der Waals surface area contributed by atoms with Crippen molar-refractivity contribution in [3.8, 4) is 11.3 Å². The molecule has 6 nitrogen and oxygen atoms in total. The summed E-state index contributed by atoms with van der Waals surface area (Å²) in [5.41, 5.74) is 3.27. The number of nitrogens with one attached hydrogen (secondary N) is 1. The average Bonchev–Trinajstić information content (AvgIpc) is 3.28. The molecule has 1 N–H and O–H groups in total. The molecular weight excluding hydrogens is 416 g/mol. The van der Waals surface area contributed by atoms with Crippen LogP contribution in [-0.2, 0) is 22.5 Å². The highest BCUT2D eigenvalue weighted by atomic mass is 16.5. The Morgan fingerprint density at radius 3 is 2.58 bits per heavy atom. The Kier molecular flexibility index (Phi) is 5.67. The zero-order valence-corrected chi connectivity index (χ0v) is 18.3. The van der Waals surface area contributed by atoms with Crippen molar-refractivity contribution in [3.05, 3.63) is 89.7 Å². The van der Waals surface area contributed by atoms with Gasteiger partial charge in [0.15, 0.2) is 0 Å². The van der Waals surface area contributed by atoms with E-state index < -0.39 is 0 Å². The van der Waals surface area contributed by atoms with Gasteiger partial charge in [0, 0.05) is 49.0 Å². The van der Waals surface area contributed by atoms with E-state index in [4.69, 9.17) is 9.15 Å². The summed E-state index contributed by atoms with van der Waals surface area (Å²) in [4.78, 5) is 26.6. The molecular formula is C27H24N2O4. The second kappa shape index (κ2) is 8.92. The van der Waals surface area contributed by atoms with Crippen molar-refractivity contribution in [2.45, 2.75) is 13.0 Å². The van der Waals surface area contributed by atoms with E-state index in [1.165, 1.54) is 7.11 Å². The Balaban J connectivity index is 1.28. The Labute approximate surface area is 191 Å². The van der Waals surface area contributed by atoms with Gasteiger partial charge in [-0.25, -0.2) is 0 Å². The number of furan rings is 1. The number of hydrogen-bond acceptors (Lipinski definition) is 4. The molecule has 166 valence electrons. The minimum Gasteiger partial charge on any atom is -0.461 e. The molecule has 2 heterocycles.